The van der Waals surface area contributed by atoms with Crippen molar-refractivity contribution in [1.82, 2.24) is 0 Å². The summed E-state index contributed by atoms with van der Waals surface area (Å²) in [6, 6.07) is 6.48. The van der Waals surface area contributed by atoms with Crippen LogP contribution in [-0.4, -0.2) is 42.5 Å². The van der Waals surface area contributed by atoms with E-state index in [9.17, 15) is 8.42 Å². The van der Waals surface area contributed by atoms with Gasteiger partial charge in [0.1, 0.15) is 0 Å². The molecule has 110 valence electrons. The summed E-state index contributed by atoms with van der Waals surface area (Å²) in [6.45, 7) is 2.22. The van der Waals surface area contributed by atoms with Crippen LogP contribution in [0.15, 0.2) is 29.2 Å². The number of benzene rings is 1. The summed E-state index contributed by atoms with van der Waals surface area (Å²) < 4.78 is 30.6. The van der Waals surface area contributed by atoms with Crippen LogP contribution in [0.5, 0.6) is 0 Å². The van der Waals surface area contributed by atoms with Gasteiger partial charge < -0.3 is 0 Å². The quantitative estimate of drug-likeness (QED) is 0.431. The number of unbranched alkanes of at least 4 members (excludes halogenated alkanes) is 6. The molecule has 0 heterocycles. The van der Waals surface area contributed by atoms with E-state index in [1.165, 1.54) is 50.7 Å². The summed E-state index contributed by atoms with van der Waals surface area (Å²) in [6.07, 6.45) is 9.87. The zero-order chi connectivity index (χ0) is 14.1. The minimum absolute atomic E-state index is 0. The molecule has 1 N–H and O–H groups in total. The molecule has 0 saturated heterocycles. The Balaban J connectivity index is 0.00000361. The first-order valence-corrected chi connectivity index (χ1v) is 8.54. The van der Waals surface area contributed by atoms with Gasteiger partial charge in [-0.25, -0.2) is 0 Å². The van der Waals surface area contributed by atoms with Gasteiger partial charge in [-0.3, -0.25) is 4.55 Å². The summed E-state index contributed by atoms with van der Waals surface area (Å²) in [5.41, 5.74) is 1.13. The predicted octanol–water partition coefficient (Wildman–Crippen LogP) is 3.58. The molecular formula is C15H25NaO3S. The Morgan fingerprint density at radius 2 is 1.40 bits per heavy atom. The molecule has 0 aromatic heterocycles. The average Bonchev–Trinajstić information content (AvgIpc) is 2.37. The van der Waals surface area contributed by atoms with E-state index in [1.54, 1.807) is 12.1 Å². The van der Waals surface area contributed by atoms with Gasteiger partial charge in [-0.1, -0.05) is 57.6 Å². The first kappa shape index (κ1) is 20.1. The van der Waals surface area contributed by atoms with Crippen LogP contribution in [0.25, 0.3) is 0 Å². The van der Waals surface area contributed by atoms with E-state index < -0.39 is 10.1 Å². The average molecular weight is 308 g/mol. The van der Waals surface area contributed by atoms with Crippen molar-refractivity contribution in [3.05, 3.63) is 29.8 Å². The fraction of sp³-hybridized carbons (Fsp3) is 0.600. The predicted molar refractivity (Wildman–Crippen MR) is 85.1 cm³/mol. The zero-order valence-electron chi connectivity index (χ0n) is 11.6. The van der Waals surface area contributed by atoms with E-state index in [1.807, 2.05) is 0 Å². The van der Waals surface area contributed by atoms with Gasteiger partial charge in [0.05, 0.1) is 4.90 Å². The maximum atomic E-state index is 10.9. The van der Waals surface area contributed by atoms with E-state index >= 15 is 0 Å². The van der Waals surface area contributed by atoms with Gasteiger partial charge in [0, 0.05) is 0 Å². The first-order chi connectivity index (χ1) is 9.04. The SMILES string of the molecule is CCCCCCCCCc1ccc(S(=O)(=O)O)cc1.[NaH]. The van der Waals surface area contributed by atoms with Crippen molar-refractivity contribution in [1.29, 1.82) is 0 Å². The van der Waals surface area contributed by atoms with E-state index in [0.717, 1.165) is 18.4 Å². The zero-order valence-corrected chi connectivity index (χ0v) is 12.5. The van der Waals surface area contributed by atoms with Gasteiger partial charge >= 0.3 is 29.6 Å². The van der Waals surface area contributed by atoms with Crippen LogP contribution in [0.2, 0.25) is 0 Å². The molecule has 0 bridgehead atoms. The normalized spacial score (nSPS) is 11.1. The topological polar surface area (TPSA) is 54.4 Å². The monoisotopic (exact) mass is 308 g/mol. The van der Waals surface area contributed by atoms with Gasteiger partial charge in [0.25, 0.3) is 10.1 Å². The van der Waals surface area contributed by atoms with E-state index in [0.29, 0.717) is 0 Å². The third-order valence-electron chi connectivity index (χ3n) is 3.29. The van der Waals surface area contributed by atoms with E-state index in [-0.39, 0.29) is 34.5 Å². The molecule has 0 atom stereocenters. The fourth-order valence-electron chi connectivity index (χ4n) is 2.11. The van der Waals surface area contributed by atoms with Crippen LogP contribution in [0.3, 0.4) is 0 Å². The summed E-state index contributed by atoms with van der Waals surface area (Å²) >= 11 is 0. The summed E-state index contributed by atoms with van der Waals surface area (Å²) in [7, 11) is -4.06. The Hall–Kier alpha value is 0.130. The fourth-order valence-corrected chi connectivity index (χ4v) is 2.59. The number of rotatable bonds is 9. The standard InChI is InChI=1S/C15H24O3S.Na.H/c1-2-3-4-5-6-7-8-9-14-10-12-15(13-11-14)19(16,17)18;;/h10-13H,2-9H2,1H3,(H,16,17,18);;. The van der Waals surface area contributed by atoms with Crippen molar-refractivity contribution < 1.29 is 13.0 Å². The molecule has 20 heavy (non-hydrogen) atoms. The Bertz CT molecular complexity index is 455. The van der Waals surface area contributed by atoms with Crippen LogP contribution in [0.1, 0.15) is 57.4 Å². The number of hydrogen-bond donors (Lipinski definition) is 1. The van der Waals surface area contributed by atoms with Crippen LogP contribution >= 0.6 is 0 Å². The summed E-state index contributed by atoms with van der Waals surface area (Å²) in [5, 5.41) is 0. The van der Waals surface area contributed by atoms with Gasteiger partial charge in [0.2, 0.25) is 0 Å². The van der Waals surface area contributed by atoms with Crippen molar-refractivity contribution in [3.63, 3.8) is 0 Å². The van der Waals surface area contributed by atoms with Crippen molar-refractivity contribution in [2.75, 3.05) is 0 Å². The van der Waals surface area contributed by atoms with E-state index in [4.69, 9.17) is 4.55 Å². The Morgan fingerprint density at radius 1 is 0.900 bits per heavy atom. The number of aryl methyl sites for hydroxylation is 1. The van der Waals surface area contributed by atoms with Gasteiger partial charge in [-0.2, -0.15) is 8.42 Å². The molecule has 0 aliphatic rings. The second kappa shape index (κ2) is 10.8. The molecule has 0 aliphatic heterocycles. The Morgan fingerprint density at radius 3 is 1.90 bits per heavy atom. The van der Waals surface area contributed by atoms with E-state index in [2.05, 4.69) is 6.92 Å². The summed E-state index contributed by atoms with van der Waals surface area (Å²) in [5.74, 6) is 0. The molecule has 3 nitrogen and oxygen atoms in total. The van der Waals surface area contributed by atoms with Crippen LogP contribution < -0.4 is 0 Å². The molecule has 1 aromatic rings. The van der Waals surface area contributed by atoms with Crippen molar-refractivity contribution in [2.24, 2.45) is 0 Å². The Kier molecular flexibility index (Phi) is 10.9. The van der Waals surface area contributed by atoms with Crippen LogP contribution in [0, 0.1) is 0 Å². The van der Waals surface area contributed by atoms with Gasteiger partial charge in [-0.15, -0.1) is 0 Å². The molecule has 0 unspecified atom stereocenters. The number of hydrogen-bond acceptors (Lipinski definition) is 2. The van der Waals surface area contributed by atoms with Crippen molar-refractivity contribution >= 4 is 39.7 Å². The summed E-state index contributed by atoms with van der Waals surface area (Å²) in [4.78, 5) is -0.0317. The molecule has 0 fully saturated rings. The molecule has 0 aliphatic carbocycles. The molecular weight excluding hydrogens is 283 g/mol. The van der Waals surface area contributed by atoms with Gasteiger partial charge in [-0.05, 0) is 30.5 Å². The van der Waals surface area contributed by atoms with Crippen LogP contribution in [0.4, 0.5) is 0 Å². The second-order valence-electron chi connectivity index (χ2n) is 4.99. The van der Waals surface area contributed by atoms with Crippen molar-refractivity contribution in [2.45, 2.75) is 63.2 Å². The molecule has 1 aromatic carbocycles. The Labute approximate surface area is 145 Å². The second-order valence-corrected chi connectivity index (χ2v) is 6.41. The molecule has 5 heteroatoms. The molecule has 0 saturated carbocycles. The third-order valence-corrected chi connectivity index (χ3v) is 4.16. The molecule has 0 amide bonds. The molecule has 0 spiro atoms. The molecule has 0 radical (unpaired) electrons. The van der Waals surface area contributed by atoms with Crippen LogP contribution in [-0.2, 0) is 16.5 Å². The third kappa shape index (κ3) is 8.42. The first-order valence-electron chi connectivity index (χ1n) is 7.10. The van der Waals surface area contributed by atoms with Crippen molar-refractivity contribution in [3.8, 4) is 0 Å². The van der Waals surface area contributed by atoms with Gasteiger partial charge in [0.15, 0.2) is 0 Å². The molecule has 1 rings (SSSR count). The minimum atomic E-state index is -4.06. The maximum absolute atomic E-state index is 10.9.